The number of rotatable bonds is 6. The molecule has 5 nitrogen and oxygen atoms in total. The number of likely N-dealkylation sites (tertiary alicyclic amines) is 1. The maximum absolute atomic E-state index is 6.13. The third kappa shape index (κ3) is 4.39. The summed E-state index contributed by atoms with van der Waals surface area (Å²) in [5.41, 5.74) is 3.44. The zero-order valence-corrected chi connectivity index (χ0v) is 19.2. The van der Waals surface area contributed by atoms with E-state index in [1.807, 2.05) is 65.6 Å². The fourth-order valence-electron chi connectivity index (χ4n) is 4.37. The Hall–Kier alpha value is -2.80. The van der Waals surface area contributed by atoms with Crippen LogP contribution in [0.25, 0.3) is 11.4 Å². The summed E-state index contributed by atoms with van der Waals surface area (Å²) in [5.74, 6) is 0.854. The first-order valence-electron chi connectivity index (χ1n) is 10.8. The van der Waals surface area contributed by atoms with Gasteiger partial charge >= 0.3 is 0 Å². The minimum Gasteiger partial charge on any atom is -0.295 e. The lowest BCUT2D eigenvalue weighted by molar-refractivity contribution is 0.189. The molecule has 1 atom stereocenters. The van der Waals surface area contributed by atoms with E-state index in [9.17, 15) is 0 Å². The van der Waals surface area contributed by atoms with Gasteiger partial charge in [-0.25, -0.2) is 4.68 Å². The molecule has 1 aliphatic heterocycles. The lowest BCUT2D eigenvalue weighted by Crippen LogP contribution is -2.27. The van der Waals surface area contributed by atoms with Gasteiger partial charge in [-0.15, -0.1) is 0 Å². The topological polar surface area (TPSA) is 38.9 Å². The Morgan fingerprint density at radius 1 is 1.00 bits per heavy atom. The predicted molar refractivity (Wildman–Crippen MR) is 130 cm³/mol. The highest BCUT2D eigenvalue weighted by molar-refractivity contribution is 7.71. The summed E-state index contributed by atoms with van der Waals surface area (Å²) in [7, 11) is 0. The Morgan fingerprint density at radius 3 is 2.56 bits per heavy atom. The number of hydrogen-bond donors (Lipinski definition) is 0. The van der Waals surface area contributed by atoms with Crippen molar-refractivity contribution in [3.8, 4) is 11.4 Å². The number of benzene rings is 2. The van der Waals surface area contributed by atoms with Gasteiger partial charge in [0.2, 0.25) is 0 Å². The van der Waals surface area contributed by atoms with Gasteiger partial charge in [-0.05, 0) is 66.5 Å². The maximum atomic E-state index is 6.13. The molecule has 1 aliphatic rings. The van der Waals surface area contributed by atoms with Gasteiger partial charge in [0.25, 0.3) is 0 Å². The normalized spacial score (nSPS) is 16.5. The third-order valence-corrected chi connectivity index (χ3v) is 6.64. The smallest absolute Gasteiger partial charge is 0.199 e. The molecule has 2 aromatic carbocycles. The monoisotopic (exact) mass is 461 g/mol. The summed E-state index contributed by atoms with van der Waals surface area (Å²) in [6, 6.07) is 22.6. The molecule has 0 spiro atoms. The molecule has 0 bridgehead atoms. The summed E-state index contributed by atoms with van der Waals surface area (Å²) in [6.45, 7) is 2.34. The van der Waals surface area contributed by atoms with E-state index >= 15 is 0 Å². The zero-order chi connectivity index (χ0) is 21.9. The van der Waals surface area contributed by atoms with Crippen LogP contribution in [0.3, 0.4) is 0 Å². The predicted octanol–water partition coefficient (Wildman–Crippen LogP) is 5.97. The number of aromatic nitrogens is 4. The SMILES string of the molecule is S=c1n(CN2CCCC2c2cccnc2)nc(-c2ccc(Cl)cc2)n1Cc1ccccc1. The van der Waals surface area contributed by atoms with Crippen LogP contribution in [-0.4, -0.2) is 30.8 Å². The molecule has 0 N–H and O–H groups in total. The van der Waals surface area contributed by atoms with Gasteiger partial charge in [0.15, 0.2) is 10.6 Å². The number of halogens is 1. The highest BCUT2D eigenvalue weighted by Gasteiger charge is 2.27. The lowest BCUT2D eigenvalue weighted by atomic mass is 10.1. The minimum absolute atomic E-state index is 0.337. The first-order valence-corrected chi connectivity index (χ1v) is 11.6. The summed E-state index contributed by atoms with van der Waals surface area (Å²) in [6.07, 6.45) is 6.06. The van der Waals surface area contributed by atoms with E-state index < -0.39 is 0 Å². The van der Waals surface area contributed by atoms with E-state index in [2.05, 4.69) is 32.7 Å². The van der Waals surface area contributed by atoms with Gasteiger partial charge in [0.1, 0.15) is 0 Å². The van der Waals surface area contributed by atoms with Crippen LogP contribution in [-0.2, 0) is 13.2 Å². The molecule has 32 heavy (non-hydrogen) atoms. The quantitative estimate of drug-likeness (QED) is 0.331. The molecule has 0 saturated carbocycles. The molecular weight excluding hydrogens is 438 g/mol. The Balaban J connectivity index is 1.50. The molecule has 1 saturated heterocycles. The second-order valence-electron chi connectivity index (χ2n) is 8.08. The molecule has 3 heterocycles. The maximum Gasteiger partial charge on any atom is 0.199 e. The summed E-state index contributed by atoms with van der Waals surface area (Å²) in [5, 5.41) is 5.68. The van der Waals surface area contributed by atoms with Crippen molar-refractivity contribution in [2.75, 3.05) is 6.54 Å². The van der Waals surface area contributed by atoms with Crippen molar-refractivity contribution in [3.63, 3.8) is 0 Å². The Kier molecular flexibility index (Phi) is 6.17. The summed E-state index contributed by atoms with van der Waals surface area (Å²) in [4.78, 5) is 6.76. The summed E-state index contributed by atoms with van der Waals surface area (Å²) >= 11 is 12.1. The largest absolute Gasteiger partial charge is 0.295 e. The second kappa shape index (κ2) is 9.36. The van der Waals surface area contributed by atoms with Gasteiger partial charge in [0, 0.05) is 35.6 Å². The molecular formula is C25H24ClN5S. The fraction of sp³-hybridized carbons (Fsp3) is 0.240. The van der Waals surface area contributed by atoms with Gasteiger partial charge in [-0.1, -0.05) is 48.0 Å². The number of hydrogen-bond acceptors (Lipinski definition) is 4. The van der Waals surface area contributed by atoms with Crippen LogP contribution in [0.2, 0.25) is 5.02 Å². The molecule has 1 unspecified atom stereocenters. The highest BCUT2D eigenvalue weighted by atomic mass is 35.5. The van der Waals surface area contributed by atoms with E-state index in [1.165, 1.54) is 11.1 Å². The molecule has 0 radical (unpaired) electrons. The van der Waals surface area contributed by atoms with E-state index in [-0.39, 0.29) is 0 Å². The molecule has 0 aliphatic carbocycles. The van der Waals surface area contributed by atoms with Crippen molar-refractivity contribution in [3.05, 3.63) is 100 Å². The van der Waals surface area contributed by atoms with Gasteiger partial charge in [-0.3, -0.25) is 14.5 Å². The van der Waals surface area contributed by atoms with E-state index in [4.69, 9.17) is 28.9 Å². The van der Waals surface area contributed by atoms with Gasteiger partial charge in [-0.2, -0.15) is 5.10 Å². The molecule has 7 heteroatoms. The zero-order valence-electron chi connectivity index (χ0n) is 17.6. The average Bonchev–Trinajstić information content (AvgIpc) is 3.41. The van der Waals surface area contributed by atoms with Crippen LogP contribution in [0.15, 0.2) is 79.1 Å². The summed E-state index contributed by atoms with van der Waals surface area (Å²) < 4.78 is 4.79. The molecule has 162 valence electrons. The average molecular weight is 462 g/mol. The second-order valence-corrected chi connectivity index (χ2v) is 8.88. The third-order valence-electron chi connectivity index (χ3n) is 5.96. The molecule has 2 aromatic heterocycles. The minimum atomic E-state index is 0.337. The first kappa shape index (κ1) is 21.1. The van der Waals surface area contributed by atoms with Crippen molar-refractivity contribution in [1.29, 1.82) is 0 Å². The Morgan fingerprint density at radius 2 is 1.81 bits per heavy atom. The van der Waals surface area contributed by atoms with Gasteiger partial charge in [0.05, 0.1) is 13.2 Å². The van der Waals surface area contributed by atoms with Crippen molar-refractivity contribution < 1.29 is 0 Å². The van der Waals surface area contributed by atoms with Crippen molar-refractivity contribution in [2.45, 2.75) is 32.1 Å². The molecule has 4 aromatic rings. The van der Waals surface area contributed by atoms with E-state index in [0.29, 0.717) is 24.3 Å². The fourth-order valence-corrected chi connectivity index (χ4v) is 4.75. The van der Waals surface area contributed by atoms with Crippen LogP contribution in [0.1, 0.15) is 30.0 Å². The number of nitrogens with zero attached hydrogens (tertiary/aromatic N) is 5. The molecule has 0 amide bonds. The van der Waals surface area contributed by atoms with Crippen molar-refractivity contribution in [1.82, 2.24) is 24.2 Å². The first-order chi connectivity index (χ1) is 15.7. The van der Waals surface area contributed by atoms with Crippen molar-refractivity contribution in [2.24, 2.45) is 0 Å². The van der Waals surface area contributed by atoms with Crippen LogP contribution in [0.5, 0.6) is 0 Å². The van der Waals surface area contributed by atoms with Crippen LogP contribution >= 0.6 is 23.8 Å². The molecule has 1 fully saturated rings. The highest BCUT2D eigenvalue weighted by Crippen LogP contribution is 2.32. The van der Waals surface area contributed by atoms with E-state index in [0.717, 1.165) is 35.5 Å². The van der Waals surface area contributed by atoms with Crippen LogP contribution in [0.4, 0.5) is 0 Å². The van der Waals surface area contributed by atoms with Crippen LogP contribution < -0.4 is 0 Å². The Bertz CT molecular complexity index is 1240. The van der Waals surface area contributed by atoms with E-state index in [1.54, 1.807) is 0 Å². The number of pyridine rings is 1. The standard InChI is InChI=1S/C25H24ClN5S/c26-22-12-10-20(11-13-22)24-28-31(25(32)30(24)17-19-6-2-1-3-7-19)18-29-15-5-9-23(29)21-8-4-14-27-16-21/h1-4,6-8,10-14,16,23H,5,9,15,17-18H2. The van der Waals surface area contributed by atoms with Gasteiger partial charge < -0.3 is 0 Å². The van der Waals surface area contributed by atoms with Crippen LogP contribution in [0, 0.1) is 4.77 Å². The lowest BCUT2D eigenvalue weighted by Gasteiger charge is -2.24. The Labute approximate surface area is 197 Å². The van der Waals surface area contributed by atoms with Crippen molar-refractivity contribution >= 4 is 23.8 Å². The molecule has 5 rings (SSSR count).